The lowest BCUT2D eigenvalue weighted by atomic mass is 9.82. The molecular formula is C20H22F3N5O. The Bertz CT molecular complexity index is 889. The first-order valence-corrected chi connectivity index (χ1v) is 9.65. The maximum absolute atomic E-state index is 13.2. The van der Waals surface area contributed by atoms with Crippen LogP contribution in [0, 0.1) is 5.92 Å². The highest BCUT2D eigenvalue weighted by molar-refractivity contribution is 5.82. The van der Waals surface area contributed by atoms with Gasteiger partial charge in [0.15, 0.2) is 0 Å². The Morgan fingerprint density at radius 1 is 1.24 bits per heavy atom. The summed E-state index contributed by atoms with van der Waals surface area (Å²) in [4.78, 5) is 25.5. The van der Waals surface area contributed by atoms with Gasteiger partial charge >= 0.3 is 6.18 Å². The van der Waals surface area contributed by atoms with Gasteiger partial charge in [-0.25, -0.2) is 9.97 Å². The molecule has 1 N–H and O–H groups in total. The van der Waals surface area contributed by atoms with Crippen molar-refractivity contribution >= 4 is 17.5 Å². The number of amides is 1. The van der Waals surface area contributed by atoms with Crippen LogP contribution in [0.15, 0.2) is 36.7 Å². The van der Waals surface area contributed by atoms with E-state index in [9.17, 15) is 18.0 Å². The summed E-state index contributed by atoms with van der Waals surface area (Å²) in [5, 5.41) is 2.84. The number of piperazine rings is 1. The first-order valence-electron chi connectivity index (χ1n) is 9.65. The predicted octanol–water partition coefficient (Wildman–Crippen LogP) is 2.50. The lowest BCUT2D eigenvalue weighted by molar-refractivity contribution is -0.137. The fraction of sp³-hybridized carbons (Fsp3) is 0.450. The molecular weight excluding hydrogens is 383 g/mol. The number of carbonyl (C=O) groups excluding carboxylic acids is 1. The summed E-state index contributed by atoms with van der Waals surface area (Å²) in [5.74, 6) is 0.0128. The summed E-state index contributed by atoms with van der Waals surface area (Å²) in [6, 6.07) is 5.42. The number of nitrogens with one attached hydrogen (secondary N) is 1. The van der Waals surface area contributed by atoms with Crippen molar-refractivity contribution in [3.63, 3.8) is 0 Å². The predicted molar refractivity (Wildman–Crippen MR) is 103 cm³/mol. The zero-order valence-corrected chi connectivity index (χ0v) is 16.0. The summed E-state index contributed by atoms with van der Waals surface area (Å²) < 4.78 is 39.6. The summed E-state index contributed by atoms with van der Waals surface area (Å²) in [5.41, 5.74) is 0.662. The number of hydrogen-bond donors (Lipinski definition) is 1. The van der Waals surface area contributed by atoms with Gasteiger partial charge in [-0.05, 0) is 43.2 Å². The fourth-order valence-corrected chi connectivity index (χ4v) is 4.24. The number of halogens is 3. The number of nitrogens with zero attached hydrogens (tertiary/aromatic N) is 4. The van der Waals surface area contributed by atoms with Crippen LogP contribution in [0.4, 0.5) is 24.8 Å². The molecule has 1 fully saturated rings. The molecule has 29 heavy (non-hydrogen) atoms. The molecule has 0 spiro atoms. The van der Waals surface area contributed by atoms with E-state index >= 15 is 0 Å². The van der Waals surface area contributed by atoms with E-state index in [0.717, 1.165) is 11.8 Å². The number of anilines is 2. The first kappa shape index (κ1) is 19.5. The SMILES string of the molecule is CCNC(=O)[C@H]1Cc2cc(C(F)(F)F)ccc2N2CCN(c3ncccn3)C[C@H]12. The highest BCUT2D eigenvalue weighted by Gasteiger charge is 2.43. The molecule has 0 bridgehead atoms. The fourth-order valence-electron chi connectivity index (χ4n) is 4.24. The van der Waals surface area contributed by atoms with Gasteiger partial charge in [0.05, 0.1) is 17.5 Å². The minimum atomic E-state index is -4.41. The van der Waals surface area contributed by atoms with Crippen LogP contribution < -0.4 is 15.1 Å². The second-order valence-electron chi connectivity index (χ2n) is 7.30. The van der Waals surface area contributed by atoms with Crippen molar-refractivity contribution in [1.29, 1.82) is 0 Å². The van der Waals surface area contributed by atoms with Crippen molar-refractivity contribution in [3.05, 3.63) is 47.8 Å². The number of aromatic nitrogens is 2. The van der Waals surface area contributed by atoms with E-state index in [1.54, 1.807) is 18.5 Å². The standard InChI is InChI=1S/C20H22F3N5O/c1-2-24-18(29)15-11-13-10-14(20(21,22)23)4-5-16(13)28-9-8-27(12-17(15)28)19-25-6-3-7-26-19/h3-7,10,15,17H,2,8-9,11-12H2,1H3,(H,24,29)/t15-,17+/m0/s1. The van der Waals surface area contributed by atoms with Crippen molar-refractivity contribution in [2.24, 2.45) is 5.92 Å². The molecule has 2 atom stereocenters. The topological polar surface area (TPSA) is 61.4 Å². The minimum absolute atomic E-state index is 0.138. The first-order chi connectivity index (χ1) is 13.9. The van der Waals surface area contributed by atoms with Gasteiger partial charge in [-0.1, -0.05) is 0 Å². The van der Waals surface area contributed by atoms with Gasteiger partial charge in [-0.3, -0.25) is 4.79 Å². The van der Waals surface area contributed by atoms with Crippen LogP contribution in [0.1, 0.15) is 18.1 Å². The molecule has 1 aromatic heterocycles. The molecule has 154 valence electrons. The summed E-state index contributed by atoms with van der Waals surface area (Å²) >= 11 is 0. The van der Waals surface area contributed by atoms with E-state index in [1.807, 2.05) is 11.8 Å². The average molecular weight is 405 g/mol. The Hall–Kier alpha value is -2.84. The van der Waals surface area contributed by atoms with Crippen molar-refractivity contribution in [3.8, 4) is 0 Å². The smallest absolute Gasteiger partial charge is 0.364 e. The number of carbonyl (C=O) groups is 1. The highest BCUT2D eigenvalue weighted by atomic mass is 19.4. The van der Waals surface area contributed by atoms with Crippen LogP contribution in [-0.4, -0.2) is 48.1 Å². The summed E-state index contributed by atoms with van der Waals surface area (Å²) in [6.07, 6.45) is -0.790. The van der Waals surface area contributed by atoms with Crippen LogP contribution in [0.25, 0.3) is 0 Å². The van der Waals surface area contributed by atoms with E-state index in [1.165, 1.54) is 12.1 Å². The van der Waals surface area contributed by atoms with E-state index < -0.39 is 17.7 Å². The molecule has 4 rings (SSSR count). The second-order valence-corrected chi connectivity index (χ2v) is 7.30. The van der Waals surface area contributed by atoms with Gasteiger partial charge in [0.2, 0.25) is 11.9 Å². The lowest BCUT2D eigenvalue weighted by Crippen LogP contribution is -2.61. The van der Waals surface area contributed by atoms with Crippen LogP contribution in [0.5, 0.6) is 0 Å². The Labute approximate surface area is 166 Å². The van der Waals surface area contributed by atoms with Crippen molar-refractivity contribution in [1.82, 2.24) is 15.3 Å². The summed E-state index contributed by atoms with van der Waals surface area (Å²) in [7, 11) is 0. The second kappa shape index (κ2) is 7.53. The molecule has 2 aromatic rings. The van der Waals surface area contributed by atoms with Crippen molar-refractivity contribution in [2.75, 3.05) is 36.0 Å². The Morgan fingerprint density at radius 3 is 2.69 bits per heavy atom. The maximum atomic E-state index is 13.2. The number of benzene rings is 1. The molecule has 1 amide bonds. The highest BCUT2D eigenvalue weighted by Crippen LogP contribution is 2.40. The number of alkyl halides is 3. The van der Waals surface area contributed by atoms with E-state index in [2.05, 4.69) is 20.2 Å². The molecule has 3 heterocycles. The molecule has 0 unspecified atom stereocenters. The molecule has 0 aliphatic carbocycles. The van der Waals surface area contributed by atoms with Crippen LogP contribution >= 0.6 is 0 Å². The van der Waals surface area contributed by atoms with Gasteiger partial charge in [0.25, 0.3) is 0 Å². The van der Waals surface area contributed by atoms with Crippen molar-refractivity contribution < 1.29 is 18.0 Å². The molecule has 0 saturated carbocycles. The molecule has 0 radical (unpaired) electrons. The minimum Gasteiger partial charge on any atom is -0.364 e. The molecule has 2 aliphatic rings. The summed E-state index contributed by atoms with van der Waals surface area (Å²) in [6.45, 7) is 4.05. The Morgan fingerprint density at radius 2 is 2.00 bits per heavy atom. The van der Waals surface area contributed by atoms with Crippen molar-refractivity contribution in [2.45, 2.75) is 25.6 Å². The van der Waals surface area contributed by atoms with Crippen LogP contribution in [0.3, 0.4) is 0 Å². The number of rotatable bonds is 3. The van der Waals surface area contributed by atoms with E-state index in [0.29, 0.717) is 37.7 Å². The maximum Gasteiger partial charge on any atom is 0.416 e. The van der Waals surface area contributed by atoms with Gasteiger partial charge in [0, 0.05) is 44.3 Å². The van der Waals surface area contributed by atoms with Crippen LogP contribution in [-0.2, 0) is 17.4 Å². The largest absolute Gasteiger partial charge is 0.416 e. The van der Waals surface area contributed by atoms with Gasteiger partial charge in [0.1, 0.15) is 0 Å². The number of fused-ring (bicyclic) bond motifs is 3. The molecule has 9 heteroatoms. The molecule has 2 aliphatic heterocycles. The van der Waals surface area contributed by atoms with Gasteiger partial charge < -0.3 is 15.1 Å². The van der Waals surface area contributed by atoms with Gasteiger partial charge in [-0.2, -0.15) is 13.2 Å². The zero-order chi connectivity index (χ0) is 20.6. The number of hydrogen-bond acceptors (Lipinski definition) is 5. The van der Waals surface area contributed by atoms with Gasteiger partial charge in [-0.15, -0.1) is 0 Å². The third-order valence-corrected chi connectivity index (χ3v) is 5.56. The molecule has 6 nitrogen and oxygen atoms in total. The normalized spacial score (nSPS) is 21.4. The Kier molecular flexibility index (Phi) is 5.06. The lowest BCUT2D eigenvalue weighted by Gasteiger charge is -2.49. The van der Waals surface area contributed by atoms with E-state index in [-0.39, 0.29) is 18.4 Å². The van der Waals surface area contributed by atoms with E-state index in [4.69, 9.17) is 0 Å². The third kappa shape index (κ3) is 3.73. The molecule has 1 saturated heterocycles. The van der Waals surface area contributed by atoms with Crippen LogP contribution in [0.2, 0.25) is 0 Å². The Balaban J connectivity index is 1.69. The third-order valence-electron chi connectivity index (χ3n) is 5.56. The zero-order valence-electron chi connectivity index (χ0n) is 16.0. The molecule has 1 aromatic carbocycles. The quantitative estimate of drug-likeness (QED) is 0.850. The average Bonchev–Trinajstić information content (AvgIpc) is 2.72. The monoisotopic (exact) mass is 405 g/mol.